The molecule has 188 valence electrons. The lowest BCUT2D eigenvalue weighted by atomic mass is 9.87. The summed E-state index contributed by atoms with van der Waals surface area (Å²) in [5.74, 6) is -0.148. The average Bonchev–Trinajstić information content (AvgIpc) is 2.65. The topological polar surface area (TPSA) is 87.8 Å². The maximum Gasteiger partial charge on any atom is 0.417 e. The first-order valence-corrected chi connectivity index (χ1v) is 12.8. The predicted octanol–water partition coefficient (Wildman–Crippen LogP) is 5.90. The average molecular weight is 502 g/mol. The lowest BCUT2D eigenvalue weighted by molar-refractivity contribution is -0.136. The summed E-state index contributed by atoms with van der Waals surface area (Å²) >= 11 is 0. The van der Waals surface area contributed by atoms with Gasteiger partial charge in [0.1, 0.15) is 11.3 Å². The van der Waals surface area contributed by atoms with Crippen LogP contribution in [0.5, 0.6) is 0 Å². The van der Waals surface area contributed by atoms with Gasteiger partial charge in [0.2, 0.25) is 0 Å². The molecule has 34 heavy (non-hydrogen) atoms. The molecule has 0 saturated heterocycles. The summed E-state index contributed by atoms with van der Waals surface area (Å²) in [7, 11) is -4.45. The van der Waals surface area contributed by atoms with Gasteiger partial charge in [-0.1, -0.05) is 39.2 Å². The van der Waals surface area contributed by atoms with Crippen molar-refractivity contribution in [3.8, 4) is 0 Å². The number of rotatable bonds is 8. The van der Waals surface area contributed by atoms with Gasteiger partial charge in [0, 0.05) is 35.3 Å². The smallest absolute Gasteiger partial charge is 0.417 e. The third kappa shape index (κ3) is 6.02. The van der Waals surface area contributed by atoms with E-state index in [2.05, 4.69) is 13.8 Å². The van der Waals surface area contributed by atoms with Crippen LogP contribution in [0, 0.1) is 5.92 Å². The number of hydrogen-bond acceptors (Lipinski definition) is 5. The number of alkyl halides is 3. The van der Waals surface area contributed by atoms with Crippen LogP contribution in [0.25, 0.3) is 16.5 Å². The second kappa shape index (κ2) is 9.37. The van der Waals surface area contributed by atoms with Crippen LogP contribution in [0.1, 0.15) is 64.5 Å². The molecule has 0 fully saturated rings. The molecule has 0 bridgehead atoms. The number of anilines is 1. The molecule has 0 aliphatic carbocycles. The quantitative estimate of drug-likeness (QED) is 0.275. The summed E-state index contributed by atoms with van der Waals surface area (Å²) < 4.78 is 79.0. The van der Waals surface area contributed by atoms with Crippen LogP contribution in [0.2, 0.25) is 0 Å². The van der Waals surface area contributed by atoms with E-state index in [-0.39, 0.29) is 22.1 Å². The lowest BCUT2D eigenvalue weighted by Crippen LogP contribution is -2.46. The zero-order valence-corrected chi connectivity index (χ0v) is 20.5. The summed E-state index contributed by atoms with van der Waals surface area (Å²) in [6.07, 6.45) is 0.775. The third-order valence-corrected chi connectivity index (χ3v) is 6.70. The summed E-state index contributed by atoms with van der Waals surface area (Å²) in [6, 6.07) is 2.96. The van der Waals surface area contributed by atoms with E-state index in [9.17, 15) is 30.9 Å². The molecule has 2 aromatic rings. The van der Waals surface area contributed by atoms with E-state index >= 15 is 0 Å². The normalized spacial score (nSPS) is 16.1. The summed E-state index contributed by atoms with van der Waals surface area (Å²) in [4.78, 5) is 13.9. The van der Waals surface area contributed by atoms with Gasteiger partial charge in [-0.3, -0.25) is 4.55 Å². The molecule has 3 rings (SSSR count). The summed E-state index contributed by atoms with van der Waals surface area (Å²) in [6.45, 7) is 8.60. The maximum atomic E-state index is 13.7. The Bertz CT molecular complexity index is 1260. The molecule has 1 aliphatic rings. The van der Waals surface area contributed by atoms with E-state index in [1.165, 1.54) is 12.1 Å². The fraction of sp³-hybridized carbons (Fsp3) is 0.542. The second-order valence-electron chi connectivity index (χ2n) is 9.79. The van der Waals surface area contributed by atoms with E-state index in [4.69, 9.17) is 4.42 Å². The molecular formula is C24H30F3NO5S. The van der Waals surface area contributed by atoms with Crippen molar-refractivity contribution in [2.75, 3.05) is 17.2 Å². The van der Waals surface area contributed by atoms with Crippen LogP contribution >= 0.6 is 0 Å². The van der Waals surface area contributed by atoms with Gasteiger partial charge in [-0.15, -0.1) is 0 Å². The highest BCUT2D eigenvalue weighted by molar-refractivity contribution is 7.86. The molecule has 1 N–H and O–H groups in total. The minimum atomic E-state index is -4.81. The fourth-order valence-corrected chi connectivity index (χ4v) is 5.16. The zero-order valence-electron chi connectivity index (χ0n) is 19.7. The van der Waals surface area contributed by atoms with Gasteiger partial charge in [0.05, 0.1) is 11.1 Å². The van der Waals surface area contributed by atoms with Gasteiger partial charge < -0.3 is 9.32 Å². The van der Waals surface area contributed by atoms with Gasteiger partial charge in [0.15, 0.2) is 0 Å². The Morgan fingerprint density at radius 1 is 1.12 bits per heavy atom. The fourth-order valence-electron chi connectivity index (χ4n) is 4.53. The number of halogens is 3. The maximum absolute atomic E-state index is 13.7. The number of hydrogen-bond donors (Lipinski definition) is 1. The molecule has 0 spiro atoms. The molecule has 1 aliphatic heterocycles. The Labute approximate surface area is 197 Å². The minimum Gasteiger partial charge on any atom is -0.423 e. The highest BCUT2D eigenvalue weighted by Crippen LogP contribution is 2.44. The van der Waals surface area contributed by atoms with Crippen molar-refractivity contribution in [1.82, 2.24) is 0 Å². The molecule has 0 saturated carbocycles. The molecule has 0 amide bonds. The highest BCUT2D eigenvalue weighted by Gasteiger charge is 2.37. The van der Waals surface area contributed by atoms with Crippen LogP contribution in [0.4, 0.5) is 18.9 Å². The number of nitrogens with zero attached hydrogens (tertiary/aromatic N) is 1. The molecule has 10 heteroatoms. The minimum absolute atomic E-state index is 0.194. The van der Waals surface area contributed by atoms with Gasteiger partial charge >= 0.3 is 11.8 Å². The van der Waals surface area contributed by atoms with Gasteiger partial charge in [-0.25, -0.2) is 4.79 Å². The molecular weight excluding hydrogens is 471 g/mol. The zero-order chi connectivity index (χ0) is 25.5. The van der Waals surface area contributed by atoms with Crippen LogP contribution in [-0.2, 0) is 16.3 Å². The first-order chi connectivity index (χ1) is 15.6. The van der Waals surface area contributed by atoms with E-state index < -0.39 is 38.8 Å². The van der Waals surface area contributed by atoms with Crippen LogP contribution < -0.4 is 10.5 Å². The Balaban J connectivity index is 2.15. The Morgan fingerprint density at radius 2 is 1.79 bits per heavy atom. The number of fused-ring (bicyclic) bond motifs is 2. The van der Waals surface area contributed by atoms with Gasteiger partial charge in [0.25, 0.3) is 10.1 Å². The highest BCUT2D eigenvalue weighted by atomic mass is 32.2. The van der Waals surface area contributed by atoms with Crippen molar-refractivity contribution >= 4 is 32.3 Å². The van der Waals surface area contributed by atoms with Gasteiger partial charge in [-0.05, 0) is 37.8 Å². The van der Waals surface area contributed by atoms with Crippen molar-refractivity contribution in [3.63, 3.8) is 0 Å². The number of benzene rings is 1. The lowest BCUT2D eigenvalue weighted by Gasteiger charge is -2.44. The van der Waals surface area contributed by atoms with Crippen molar-refractivity contribution in [2.45, 2.75) is 65.1 Å². The second-order valence-corrected chi connectivity index (χ2v) is 11.2. The molecule has 1 aromatic heterocycles. The van der Waals surface area contributed by atoms with Crippen LogP contribution in [0.3, 0.4) is 0 Å². The molecule has 2 heterocycles. The van der Waals surface area contributed by atoms with E-state index in [0.29, 0.717) is 24.2 Å². The van der Waals surface area contributed by atoms with Crippen molar-refractivity contribution in [3.05, 3.63) is 45.8 Å². The Hall–Kier alpha value is -2.33. The standard InChI is InChI=1S/C24H30F3NO5S/c1-15(2)8-6-5-7-9-28-20-12-21-18(19(24(25,26)27)11-22(29)33-21)10-17(20)16(13-23(28,3)4)14-34(30,31)32/h10-13,15H,5-9,14H2,1-4H3,(H,30,31,32). The Morgan fingerprint density at radius 3 is 2.38 bits per heavy atom. The SMILES string of the molecule is CC(C)CCCCCN1c2cc3oc(=O)cc(C(F)(F)F)c3cc2C(CS(=O)(=O)O)=CC1(C)C. The summed E-state index contributed by atoms with van der Waals surface area (Å²) in [5.41, 5.74) is -2.29. The first-order valence-electron chi connectivity index (χ1n) is 11.2. The van der Waals surface area contributed by atoms with E-state index in [1.54, 1.807) is 6.08 Å². The predicted molar refractivity (Wildman–Crippen MR) is 127 cm³/mol. The van der Waals surface area contributed by atoms with Gasteiger partial charge in [-0.2, -0.15) is 21.6 Å². The molecule has 0 unspecified atom stereocenters. The summed E-state index contributed by atoms with van der Waals surface area (Å²) in [5, 5.41) is -0.344. The van der Waals surface area contributed by atoms with Crippen molar-refractivity contribution < 1.29 is 30.6 Å². The monoisotopic (exact) mass is 501 g/mol. The first kappa shape index (κ1) is 26.3. The number of unbranched alkanes of at least 4 members (excludes halogenated alkanes) is 2. The largest absolute Gasteiger partial charge is 0.423 e. The third-order valence-electron chi connectivity index (χ3n) is 6.03. The van der Waals surface area contributed by atoms with Crippen molar-refractivity contribution in [1.29, 1.82) is 0 Å². The van der Waals surface area contributed by atoms with E-state index in [0.717, 1.165) is 25.7 Å². The molecule has 0 radical (unpaired) electrons. The van der Waals surface area contributed by atoms with E-state index in [1.807, 2.05) is 18.7 Å². The molecule has 1 aromatic carbocycles. The van der Waals surface area contributed by atoms with Crippen LogP contribution in [-0.4, -0.2) is 30.8 Å². The van der Waals surface area contributed by atoms with Crippen LogP contribution in [0.15, 0.2) is 33.5 Å². The van der Waals surface area contributed by atoms with Crippen molar-refractivity contribution in [2.24, 2.45) is 5.92 Å². The molecule has 0 atom stereocenters. The Kier molecular flexibility index (Phi) is 7.24. The molecule has 6 nitrogen and oxygen atoms in total.